The van der Waals surface area contributed by atoms with Gasteiger partial charge in [-0.3, -0.25) is 9.79 Å². The minimum Gasteiger partial charge on any atom is -0.339 e. The van der Waals surface area contributed by atoms with Crippen molar-refractivity contribution in [1.82, 2.24) is 4.90 Å². The second kappa shape index (κ2) is 6.48. The fourth-order valence-corrected chi connectivity index (χ4v) is 1.74. The lowest BCUT2D eigenvalue weighted by molar-refractivity contribution is -0.117. The normalized spacial score (nSPS) is 21.5. The molecule has 1 rings (SSSR count). The van der Waals surface area contributed by atoms with Crippen molar-refractivity contribution in [1.29, 1.82) is 0 Å². The predicted molar refractivity (Wildman–Crippen MR) is 67.9 cm³/mol. The lowest BCUT2D eigenvalue weighted by atomic mass is 9.99. The molecule has 0 N–H and O–H groups in total. The molecule has 0 saturated carbocycles. The van der Waals surface area contributed by atoms with Crippen molar-refractivity contribution in [3.63, 3.8) is 0 Å². The minimum absolute atomic E-state index is 0.234. The molecule has 1 saturated heterocycles. The van der Waals surface area contributed by atoms with E-state index in [0.29, 0.717) is 6.54 Å². The Labute approximate surface area is 101 Å². The molecule has 0 aliphatic carbocycles. The van der Waals surface area contributed by atoms with Gasteiger partial charge >= 0.3 is 0 Å². The number of nitrogens with zero attached hydrogens (tertiary/aromatic N) is 2. The molecule has 1 aliphatic heterocycles. The number of likely N-dealkylation sites (tertiary alicyclic amines) is 1. The highest BCUT2D eigenvalue weighted by atomic mass is 35.5. The summed E-state index contributed by atoms with van der Waals surface area (Å²) >= 11 is 5.62. The summed E-state index contributed by atoms with van der Waals surface area (Å²) in [5.41, 5.74) is 3.14. The number of hydrogen-bond donors (Lipinski definition) is 0. The van der Waals surface area contributed by atoms with Gasteiger partial charge in [0.2, 0.25) is 6.41 Å². The van der Waals surface area contributed by atoms with E-state index in [1.165, 1.54) is 0 Å². The summed E-state index contributed by atoms with van der Waals surface area (Å²) in [4.78, 5) is 16.6. The van der Waals surface area contributed by atoms with Gasteiger partial charge in [0, 0.05) is 6.54 Å². The van der Waals surface area contributed by atoms with Crippen LogP contribution in [0.4, 0.5) is 0 Å². The second-order valence-electron chi connectivity index (χ2n) is 3.73. The molecule has 1 heterocycles. The number of halogens is 1. The first-order chi connectivity index (χ1) is 7.71. The molecule has 0 aromatic carbocycles. The molecule has 16 heavy (non-hydrogen) atoms. The van der Waals surface area contributed by atoms with Crippen LogP contribution >= 0.6 is 11.6 Å². The quantitative estimate of drug-likeness (QED) is 0.422. The maximum Gasteiger partial charge on any atom is 0.210 e. The Bertz CT molecular complexity index is 334. The largest absolute Gasteiger partial charge is 0.339 e. The van der Waals surface area contributed by atoms with Crippen LogP contribution in [0.3, 0.4) is 0 Å². The maximum atomic E-state index is 10.7. The smallest absolute Gasteiger partial charge is 0.210 e. The van der Waals surface area contributed by atoms with E-state index in [2.05, 4.69) is 24.6 Å². The van der Waals surface area contributed by atoms with E-state index in [0.717, 1.165) is 42.7 Å². The number of alkyl halides is 1. The van der Waals surface area contributed by atoms with E-state index < -0.39 is 0 Å². The van der Waals surface area contributed by atoms with Crippen LogP contribution in [0, 0.1) is 0 Å². The topological polar surface area (TPSA) is 32.7 Å². The number of amides is 1. The van der Waals surface area contributed by atoms with Crippen molar-refractivity contribution >= 4 is 23.7 Å². The van der Waals surface area contributed by atoms with Crippen LogP contribution in [0.1, 0.15) is 19.8 Å². The van der Waals surface area contributed by atoms with E-state index in [9.17, 15) is 4.79 Å². The summed E-state index contributed by atoms with van der Waals surface area (Å²) in [5, 5.41) is 0. The summed E-state index contributed by atoms with van der Waals surface area (Å²) in [5.74, 6) is 0. The van der Waals surface area contributed by atoms with Gasteiger partial charge in [-0.15, -0.1) is 11.6 Å². The maximum absolute atomic E-state index is 10.7. The highest BCUT2D eigenvalue weighted by molar-refractivity contribution is 6.19. The van der Waals surface area contributed by atoms with Crippen molar-refractivity contribution in [2.24, 2.45) is 4.99 Å². The molecule has 4 heteroatoms. The molecule has 0 bridgehead atoms. The summed E-state index contributed by atoms with van der Waals surface area (Å²) in [6.45, 7) is 7.32. The number of carbonyl (C=O) groups is 1. The number of carbonyl (C=O) groups excluding carboxylic acids is 1. The fraction of sp³-hybridized carbons (Fsp3) is 0.500. The number of rotatable bonds is 4. The number of hydrogen-bond acceptors (Lipinski definition) is 2. The average Bonchev–Trinajstić information content (AvgIpc) is 2.31. The first kappa shape index (κ1) is 13.0. The van der Waals surface area contributed by atoms with Crippen molar-refractivity contribution in [2.75, 3.05) is 19.1 Å². The molecule has 1 amide bonds. The van der Waals surface area contributed by atoms with Gasteiger partial charge in [0.15, 0.2) is 0 Å². The first-order valence-corrected chi connectivity index (χ1v) is 5.92. The van der Waals surface area contributed by atoms with Gasteiger partial charge in [0.25, 0.3) is 0 Å². The Kier molecular flexibility index (Phi) is 5.26. The third-order valence-electron chi connectivity index (χ3n) is 2.62. The zero-order chi connectivity index (χ0) is 12.0. The molecule has 1 aliphatic rings. The lowest BCUT2D eigenvalue weighted by Crippen LogP contribution is -2.36. The predicted octanol–water partition coefficient (Wildman–Crippen LogP) is 2.38. The highest BCUT2D eigenvalue weighted by Gasteiger charge is 2.18. The van der Waals surface area contributed by atoms with Crippen LogP contribution < -0.4 is 0 Å². The molecule has 0 aromatic rings. The van der Waals surface area contributed by atoms with Crippen LogP contribution in [-0.2, 0) is 4.79 Å². The molecule has 0 atom stereocenters. The van der Waals surface area contributed by atoms with Gasteiger partial charge in [0.05, 0.1) is 12.3 Å². The van der Waals surface area contributed by atoms with Gasteiger partial charge in [-0.05, 0) is 18.4 Å². The summed E-state index contributed by atoms with van der Waals surface area (Å²) in [6, 6.07) is 0.234. The monoisotopic (exact) mass is 240 g/mol. The summed E-state index contributed by atoms with van der Waals surface area (Å²) in [7, 11) is 0. The number of allylic oxidation sites excluding steroid dienone is 2. The van der Waals surface area contributed by atoms with E-state index in [4.69, 9.17) is 11.6 Å². The Balaban J connectivity index is 2.84. The Morgan fingerprint density at radius 3 is 3.00 bits per heavy atom. The zero-order valence-electron chi connectivity index (χ0n) is 9.58. The molecular formula is C12H17ClN2O. The van der Waals surface area contributed by atoms with Crippen molar-refractivity contribution in [3.8, 4) is 0 Å². The Hall–Kier alpha value is -1.09. The molecule has 0 unspecified atom stereocenters. The van der Waals surface area contributed by atoms with Crippen LogP contribution in [0.2, 0.25) is 0 Å². The zero-order valence-corrected chi connectivity index (χ0v) is 10.3. The van der Waals surface area contributed by atoms with Gasteiger partial charge < -0.3 is 4.90 Å². The molecule has 0 spiro atoms. The molecule has 0 aromatic heterocycles. The Morgan fingerprint density at radius 1 is 1.69 bits per heavy atom. The summed E-state index contributed by atoms with van der Waals surface area (Å²) in [6.07, 6.45) is 4.67. The SMILES string of the molecule is C=C(/C=C1/CCN(C=O)C/C1=N/CCl)CC. The third kappa shape index (κ3) is 3.49. The van der Waals surface area contributed by atoms with Crippen LogP contribution in [0.15, 0.2) is 28.8 Å². The highest BCUT2D eigenvalue weighted by Crippen LogP contribution is 2.16. The number of aliphatic imine (C=N–C) groups is 1. The van der Waals surface area contributed by atoms with Gasteiger partial charge in [0.1, 0.15) is 6.00 Å². The van der Waals surface area contributed by atoms with Crippen LogP contribution in [0.25, 0.3) is 0 Å². The minimum atomic E-state index is 0.234. The van der Waals surface area contributed by atoms with Gasteiger partial charge in [-0.25, -0.2) is 0 Å². The standard InChI is InChI=1S/C12H17ClN2O/c1-3-10(2)6-11-4-5-15(9-16)7-12(11)14-8-13/h6,9H,2-5,7-8H2,1H3/b11-6-,14-12-. The van der Waals surface area contributed by atoms with Crippen molar-refractivity contribution in [3.05, 3.63) is 23.8 Å². The molecule has 88 valence electrons. The van der Waals surface area contributed by atoms with E-state index in [-0.39, 0.29) is 6.00 Å². The van der Waals surface area contributed by atoms with Crippen LogP contribution in [-0.4, -0.2) is 36.1 Å². The fourth-order valence-electron chi connectivity index (χ4n) is 1.60. The third-order valence-corrected chi connectivity index (χ3v) is 2.74. The van der Waals surface area contributed by atoms with Crippen molar-refractivity contribution in [2.45, 2.75) is 19.8 Å². The van der Waals surface area contributed by atoms with E-state index in [1.54, 1.807) is 4.90 Å². The lowest BCUT2D eigenvalue weighted by Gasteiger charge is -2.26. The van der Waals surface area contributed by atoms with Gasteiger partial charge in [-0.2, -0.15) is 0 Å². The molecule has 3 nitrogen and oxygen atoms in total. The molecule has 1 fully saturated rings. The number of piperidine rings is 1. The molecular weight excluding hydrogens is 224 g/mol. The van der Waals surface area contributed by atoms with Gasteiger partial charge in [-0.1, -0.05) is 25.2 Å². The Morgan fingerprint density at radius 2 is 2.44 bits per heavy atom. The van der Waals surface area contributed by atoms with Crippen molar-refractivity contribution < 1.29 is 4.79 Å². The average molecular weight is 241 g/mol. The van der Waals surface area contributed by atoms with E-state index in [1.807, 2.05) is 0 Å². The summed E-state index contributed by atoms with van der Waals surface area (Å²) < 4.78 is 0. The van der Waals surface area contributed by atoms with E-state index >= 15 is 0 Å². The van der Waals surface area contributed by atoms with Crippen LogP contribution in [0.5, 0.6) is 0 Å². The second-order valence-corrected chi connectivity index (χ2v) is 3.97. The first-order valence-electron chi connectivity index (χ1n) is 5.38. The molecule has 0 radical (unpaired) electrons.